The molecule has 0 fully saturated rings. The molecule has 0 saturated carbocycles. The molecule has 3 aromatic rings. The molecule has 0 bridgehead atoms. The fourth-order valence-corrected chi connectivity index (χ4v) is 3.28. The van der Waals surface area contributed by atoms with Crippen molar-refractivity contribution in [3.63, 3.8) is 0 Å². The van der Waals surface area contributed by atoms with E-state index in [0.717, 1.165) is 22.4 Å². The van der Waals surface area contributed by atoms with Gasteiger partial charge in [-0.05, 0) is 40.8 Å². The van der Waals surface area contributed by atoms with E-state index in [4.69, 9.17) is 14.9 Å². The number of carbonyl (C=O) groups is 3. The molecule has 7 heteroatoms. The zero-order chi connectivity index (χ0) is 23.6. The number of carbonyl (C=O) groups excluding carboxylic acids is 1. The predicted octanol–water partition coefficient (Wildman–Crippen LogP) is 3.45. The summed E-state index contributed by atoms with van der Waals surface area (Å²) in [6, 6.07) is 24.1. The van der Waals surface area contributed by atoms with Gasteiger partial charge in [0.2, 0.25) is 5.91 Å². The standard InChI is InChI=1S/C26H25NO6/c28-24(15-18-9-11-22(12-10-18)33-17-19-5-2-1-3-6-19)27-16-21-8-4-7-20(13-21)14-23(25(29)30)26(31)32/h1-13,23H,14-17H2,(H,27,28)(H,29,30)(H,31,32). The minimum Gasteiger partial charge on any atom is -0.489 e. The van der Waals surface area contributed by atoms with Crippen LogP contribution in [0.3, 0.4) is 0 Å². The molecule has 33 heavy (non-hydrogen) atoms. The van der Waals surface area contributed by atoms with Gasteiger partial charge in [0.1, 0.15) is 12.4 Å². The van der Waals surface area contributed by atoms with Crippen molar-refractivity contribution >= 4 is 17.8 Å². The van der Waals surface area contributed by atoms with Crippen molar-refractivity contribution in [2.24, 2.45) is 5.92 Å². The van der Waals surface area contributed by atoms with Crippen LogP contribution < -0.4 is 10.1 Å². The Balaban J connectivity index is 1.48. The maximum absolute atomic E-state index is 12.3. The van der Waals surface area contributed by atoms with Gasteiger partial charge in [-0.3, -0.25) is 14.4 Å². The molecule has 0 heterocycles. The summed E-state index contributed by atoms with van der Waals surface area (Å²) in [6.07, 6.45) is 0.0872. The summed E-state index contributed by atoms with van der Waals surface area (Å²) in [4.78, 5) is 34.5. The van der Waals surface area contributed by atoms with E-state index in [0.29, 0.717) is 12.2 Å². The number of carboxylic acids is 2. The minimum atomic E-state index is -1.51. The summed E-state index contributed by atoms with van der Waals surface area (Å²) in [5.74, 6) is -3.70. The van der Waals surface area contributed by atoms with Gasteiger partial charge in [0, 0.05) is 6.54 Å². The van der Waals surface area contributed by atoms with Crippen LogP contribution in [0.25, 0.3) is 0 Å². The number of hydrogen-bond donors (Lipinski definition) is 3. The Hall–Kier alpha value is -4.13. The molecule has 170 valence electrons. The van der Waals surface area contributed by atoms with Gasteiger partial charge in [-0.15, -0.1) is 0 Å². The van der Waals surface area contributed by atoms with Crippen molar-refractivity contribution in [1.29, 1.82) is 0 Å². The molecule has 0 aliphatic heterocycles. The number of nitrogens with one attached hydrogen (secondary N) is 1. The SMILES string of the molecule is O=C(Cc1ccc(OCc2ccccc2)cc1)NCc1cccc(CC(C(=O)O)C(=O)O)c1. The van der Waals surface area contributed by atoms with E-state index in [1.165, 1.54) is 0 Å². The topological polar surface area (TPSA) is 113 Å². The second-order valence-electron chi connectivity index (χ2n) is 7.62. The van der Waals surface area contributed by atoms with Crippen LogP contribution in [-0.4, -0.2) is 28.1 Å². The van der Waals surface area contributed by atoms with Crippen LogP contribution in [0.1, 0.15) is 22.3 Å². The van der Waals surface area contributed by atoms with Crippen molar-refractivity contribution in [3.05, 3.63) is 101 Å². The molecule has 0 saturated heterocycles. The first-order valence-electron chi connectivity index (χ1n) is 10.5. The maximum Gasteiger partial charge on any atom is 0.318 e. The summed E-state index contributed by atoms with van der Waals surface area (Å²) in [7, 11) is 0. The van der Waals surface area contributed by atoms with Gasteiger partial charge in [0.25, 0.3) is 0 Å². The molecule has 0 aliphatic carbocycles. The average molecular weight is 447 g/mol. The molecule has 0 unspecified atom stereocenters. The number of aliphatic carboxylic acids is 2. The number of ether oxygens (including phenoxy) is 1. The van der Waals surface area contributed by atoms with Crippen LogP contribution in [0.15, 0.2) is 78.9 Å². The van der Waals surface area contributed by atoms with E-state index in [1.807, 2.05) is 54.6 Å². The summed E-state index contributed by atoms with van der Waals surface area (Å²) in [6.45, 7) is 0.731. The molecule has 0 atom stereocenters. The average Bonchev–Trinajstić information content (AvgIpc) is 2.81. The van der Waals surface area contributed by atoms with Gasteiger partial charge in [-0.1, -0.05) is 66.7 Å². The molecule has 1 amide bonds. The van der Waals surface area contributed by atoms with E-state index >= 15 is 0 Å². The monoisotopic (exact) mass is 447 g/mol. The van der Waals surface area contributed by atoms with Crippen LogP contribution in [-0.2, 0) is 40.4 Å². The third-order valence-corrected chi connectivity index (χ3v) is 5.05. The van der Waals surface area contributed by atoms with E-state index in [2.05, 4.69) is 5.32 Å². The molecular weight excluding hydrogens is 422 g/mol. The van der Waals surface area contributed by atoms with Gasteiger partial charge in [-0.25, -0.2) is 0 Å². The molecule has 3 aromatic carbocycles. The van der Waals surface area contributed by atoms with Gasteiger partial charge < -0.3 is 20.3 Å². The largest absolute Gasteiger partial charge is 0.489 e. The highest BCUT2D eigenvalue weighted by atomic mass is 16.5. The Labute approximate surface area is 191 Å². The fourth-order valence-electron chi connectivity index (χ4n) is 3.28. The first-order chi connectivity index (χ1) is 15.9. The highest BCUT2D eigenvalue weighted by Gasteiger charge is 2.25. The summed E-state index contributed by atoms with van der Waals surface area (Å²) >= 11 is 0. The van der Waals surface area contributed by atoms with Gasteiger partial charge >= 0.3 is 11.9 Å². The Bertz CT molecular complexity index is 1080. The third kappa shape index (κ3) is 7.50. The molecule has 3 N–H and O–H groups in total. The fraction of sp³-hybridized carbons (Fsp3) is 0.192. The third-order valence-electron chi connectivity index (χ3n) is 5.05. The maximum atomic E-state index is 12.3. The molecule has 7 nitrogen and oxygen atoms in total. The summed E-state index contributed by atoms with van der Waals surface area (Å²) in [5, 5.41) is 20.9. The Morgan fingerprint density at radius 2 is 1.39 bits per heavy atom. The smallest absolute Gasteiger partial charge is 0.318 e. The molecule has 0 spiro atoms. The quantitative estimate of drug-likeness (QED) is 0.388. The second-order valence-corrected chi connectivity index (χ2v) is 7.62. The van der Waals surface area contributed by atoms with Crippen LogP contribution in [0, 0.1) is 5.92 Å². The van der Waals surface area contributed by atoms with E-state index < -0.39 is 17.9 Å². The molecule has 0 aromatic heterocycles. The summed E-state index contributed by atoms with van der Waals surface area (Å²) in [5.41, 5.74) is 3.27. The van der Waals surface area contributed by atoms with Gasteiger partial charge in [0.05, 0.1) is 6.42 Å². The number of benzene rings is 3. The first kappa shape index (κ1) is 23.5. The van der Waals surface area contributed by atoms with Crippen molar-refractivity contribution in [1.82, 2.24) is 5.32 Å². The van der Waals surface area contributed by atoms with Crippen LogP contribution in [0.2, 0.25) is 0 Å². The predicted molar refractivity (Wildman–Crippen MR) is 122 cm³/mol. The number of hydrogen-bond acceptors (Lipinski definition) is 4. The van der Waals surface area contributed by atoms with Gasteiger partial charge in [-0.2, -0.15) is 0 Å². The van der Waals surface area contributed by atoms with Crippen LogP contribution in [0.4, 0.5) is 0 Å². The Kier molecular flexibility index (Phi) is 8.18. The highest BCUT2D eigenvalue weighted by Crippen LogP contribution is 2.15. The highest BCUT2D eigenvalue weighted by molar-refractivity contribution is 5.93. The molecule has 0 radical (unpaired) electrons. The lowest BCUT2D eigenvalue weighted by molar-refractivity contribution is -0.154. The zero-order valence-electron chi connectivity index (χ0n) is 17.9. The number of carboxylic acid groups (broad SMARTS) is 2. The lowest BCUT2D eigenvalue weighted by Crippen LogP contribution is -2.26. The first-order valence-corrected chi connectivity index (χ1v) is 10.5. The van der Waals surface area contributed by atoms with Crippen molar-refractivity contribution in [2.75, 3.05) is 0 Å². The molecule has 3 rings (SSSR count). The van der Waals surface area contributed by atoms with E-state index in [-0.39, 0.29) is 25.3 Å². The van der Waals surface area contributed by atoms with E-state index in [1.54, 1.807) is 24.3 Å². The van der Waals surface area contributed by atoms with Crippen molar-refractivity contribution in [3.8, 4) is 5.75 Å². The lowest BCUT2D eigenvalue weighted by atomic mass is 9.98. The normalized spacial score (nSPS) is 10.6. The zero-order valence-corrected chi connectivity index (χ0v) is 17.9. The molecule has 0 aliphatic rings. The number of amides is 1. The van der Waals surface area contributed by atoms with Crippen molar-refractivity contribution in [2.45, 2.75) is 26.0 Å². The Morgan fingerprint density at radius 3 is 2.06 bits per heavy atom. The van der Waals surface area contributed by atoms with Gasteiger partial charge in [0.15, 0.2) is 5.92 Å². The minimum absolute atomic E-state index is 0.120. The lowest BCUT2D eigenvalue weighted by Gasteiger charge is -2.10. The van der Waals surface area contributed by atoms with Crippen LogP contribution >= 0.6 is 0 Å². The second kappa shape index (κ2) is 11.5. The van der Waals surface area contributed by atoms with Crippen LogP contribution in [0.5, 0.6) is 5.75 Å². The van der Waals surface area contributed by atoms with Crippen molar-refractivity contribution < 1.29 is 29.3 Å². The molecular formula is C26H25NO6. The summed E-state index contributed by atoms with van der Waals surface area (Å²) < 4.78 is 5.75. The van der Waals surface area contributed by atoms with E-state index in [9.17, 15) is 14.4 Å². The number of rotatable bonds is 11. The Morgan fingerprint density at radius 1 is 0.758 bits per heavy atom.